The minimum Gasteiger partial charge on any atom is -0.369 e. The number of hydrogen-bond donors (Lipinski definition) is 1. The molecular formula is C23H31ClN4O3S. The molecule has 7 nitrogen and oxygen atoms in total. The average Bonchev–Trinajstić information content (AvgIpc) is 2.77. The normalized spacial score (nSPS) is 15.2. The molecule has 1 saturated heterocycles. The Labute approximate surface area is 196 Å². The van der Waals surface area contributed by atoms with Gasteiger partial charge in [-0.1, -0.05) is 23.7 Å². The molecule has 0 bridgehead atoms. The molecule has 1 aliphatic heterocycles. The van der Waals surface area contributed by atoms with Crippen molar-refractivity contribution in [3.8, 4) is 0 Å². The summed E-state index contributed by atoms with van der Waals surface area (Å²) in [4.78, 5) is 17.1. The number of rotatable bonds is 9. The lowest BCUT2D eigenvalue weighted by atomic mass is 10.2. The number of carbonyl (C=O) groups is 1. The minimum absolute atomic E-state index is 0.113. The molecule has 3 rings (SSSR count). The molecule has 1 heterocycles. The van der Waals surface area contributed by atoms with E-state index in [0.717, 1.165) is 43.4 Å². The summed E-state index contributed by atoms with van der Waals surface area (Å²) in [6, 6.07) is 14.5. The van der Waals surface area contributed by atoms with Crippen molar-refractivity contribution in [2.45, 2.75) is 18.2 Å². The molecule has 0 aliphatic carbocycles. The second kappa shape index (κ2) is 11.1. The highest BCUT2D eigenvalue weighted by Crippen LogP contribution is 2.18. The molecule has 32 heavy (non-hydrogen) atoms. The van der Waals surface area contributed by atoms with Crippen LogP contribution in [0.1, 0.15) is 12.0 Å². The van der Waals surface area contributed by atoms with E-state index in [1.54, 1.807) is 0 Å². The van der Waals surface area contributed by atoms with Crippen LogP contribution in [0.25, 0.3) is 0 Å². The lowest BCUT2D eigenvalue weighted by molar-refractivity contribution is -0.121. The van der Waals surface area contributed by atoms with E-state index in [-0.39, 0.29) is 17.3 Å². The largest absolute Gasteiger partial charge is 0.369 e. The van der Waals surface area contributed by atoms with Gasteiger partial charge in [0, 0.05) is 50.5 Å². The fourth-order valence-electron chi connectivity index (χ4n) is 3.71. The zero-order chi connectivity index (χ0) is 23.1. The first kappa shape index (κ1) is 24.5. The fourth-order valence-corrected chi connectivity index (χ4v) is 4.97. The number of aryl methyl sites for hydroxylation is 1. The Morgan fingerprint density at radius 1 is 1.09 bits per heavy atom. The monoisotopic (exact) mass is 478 g/mol. The number of anilines is 1. The average molecular weight is 479 g/mol. The van der Waals surface area contributed by atoms with Crippen LogP contribution >= 0.6 is 11.6 Å². The van der Waals surface area contributed by atoms with Gasteiger partial charge in [-0.15, -0.1) is 0 Å². The molecule has 9 heteroatoms. The topological polar surface area (TPSA) is 73.0 Å². The van der Waals surface area contributed by atoms with Gasteiger partial charge in [-0.2, -0.15) is 4.31 Å². The molecule has 1 fully saturated rings. The second-order valence-corrected chi connectivity index (χ2v) is 10.6. The van der Waals surface area contributed by atoms with E-state index in [4.69, 9.17) is 11.6 Å². The van der Waals surface area contributed by atoms with Gasteiger partial charge in [0.15, 0.2) is 0 Å². The van der Waals surface area contributed by atoms with Crippen LogP contribution in [-0.2, 0) is 14.8 Å². The number of carbonyl (C=O) groups excluding carboxylic acids is 1. The zero-order valence-electron chi connectivity index (χ0n) is 18.6. The van der Waals surface area contributed by atoms with Crippen molar-refractivity contribution in [2.24, 2.45) is 0 Å². The predicted octanol–water partition coefficient (Wildman–Crippen LogP) is 2.60. The number of hydrogen-bond acceptors (Lipinski definition) is 5. The standard InChI is InChI=1S/C23H31ClN4O3S/c1-19-5-3-6-21(17-19)28-15-13-27(14-16-28)12-4-11-25-23(29)18-26(2)32(30,31)22-9-7-20(24)8-10-22/h3,5-10,17H,4,11-16,18H2,1-2H3,(H,25,29). The first-order valence-electron chi connectivity index (χ1n) is 10.8. The summed E-state index contributed by atoms with van der Waals surface area (Å²) in [7, 11) is -2.33. The van der Waals surface area contributed by atoms with Gasteiger partial charge in [-0.05, 0) is 61.9 Å². The van der Waals surface area contributed by atoms with Gasteiger partial charge in [0.05, 0.1) is 11.4 Å². The summed E-state index contributed by atoms with van der Waals surface area (Å²) in [6.07, 6.45) is 0.823. The number of sulfonamides is 1. The van der Waals surface area contributed by atoms with E-state index in [0.29, 0.717) is 11.6 Å². The third-order valence-corrected chi connectivity index (χ3v) is 7.67. The summed E-state index contributed by atoms with van der Waals surface area (Å²) >= 11 is 5.82. The first-order chi connectivity index (χ1) is 15.3. The van der Waals surface area contributed by atoms with Crippen molar-refractivity contribution in [2.75, 3.05) is 57.8 Å². The first-order valence-corrected chi connectivity index (χ1v) is 12.6. The Morgan fingerprint density at radius 3 is 2.44 bits per heavy atom. The molecule has 0 spiro atoms. The molecule has 2 aromatic rings. The zero-order valence-corrected chi connectivity index (χ0v) is 20.2. The lowest BCUT2D eigenvalue weighted by Crippen LogP contribution is -2.47. The van der Waals surface area contributed by atoms with Gasteiger partial charge in [-0.3, -0.25) is 9.69 Å². The van der Waals surface area contributed by atoms with Crippen LogP contribution in [-0.4, -0.2) is 76.4 Å². The van der Waals surface area contributed by atoms with Gasteiger partial charge >= 0.3 is 0 Å². The highest BCUT2D eigenvalue weighted by atomic mass is 35.5. The van der Waals surface area contributed by atoms with E-state index in [9.17, 15) is 13.2 Å². The van der Waals surface area contributed by atoms with Crippen LogP contribution in [0.4, 0.5) is 5.69 Å². The van der Waals surface area contributed by atoms with E-state index >= 15 is 0 Å². The fraction of sp³-hybridized carbons (Fsp3) is 0.435. The van der Waals surface area contributed by atoms with Gasteiger partial charge in [0.2, 0.25) is 15.9 Å². The molecule has 0 atom stereocenters. The number of piperazine rings is 1. The van der Waals surface area contributed by atoms with E-state index < -0.39 is 10.0 Å². The predicted molar refractivity (Wildman–Crippen MR) is 129 cm³/mol. The quantitative estimate of drug-likeness (QED) is 0.561. The summed E-state index contributed by atoms with van der Waals surface area (Å²) in [5.74, 6) is -0.311. The van der Waals surface area contributed by atoms with Crippen molar-refractivity contribution in [3.63, 3.8) is 0 Å². The van der Waals surface area contributed by atoms with Gasteiger partial charge in [0.1, 0.15) is 0 Å². The third kappa shape index (κ3) is 6.68. The number of halogens is 1. The van der Waals surface area contributed by atoms with Crippen molar-refractivity contribution in [1.29, 1.82) is 0 Å². The molecule has 0 unspecified atom stereocenters. The Kier molecular flexibility index (Phi) is 8.53. The summed E-state index contributed by atoms with van der Waals surface area (Å²) in [6.45, 7) is 7.27. The highest BCUT2D eigenvalue weighted by molar-refractivity contribution is 7.89. The second-order valence-electron chi connectivity index (χ2n) is 8.09. The summed E-state index contributed by atoms with van der Waals surface area (Å²) < 4.78 is 26.2. The molecular weight excluding hydrogens is 448 g/mol. The molecule has 2 aromatic carbocycles. The van der Waals surface area contributed by atoms with Crippen LogP contribution in [0.5, 0.6) is 0 Å². The van der Waals surface area contributed by atoms with Gasteiger partial charge in [-0.25, -0.2) is 8.42 Å². The smallest absolute Gasteiger partial charge is 0.243 e. The van der Waals surface area contributed by atoms with E-state index in [2.05, 4.69) is 46.3 Å². The maximum atomic E-state index is 12.6. The number of nitrogens with one attached hydrogen (secondary N) is 1. The number of amides is 1. The van der Waals surface area contributed by atoms with Crippen LogP contribution in [0.2, 0.25) is 5.02 Å². The molecule has 0 saturated carbocycles. The van der Waals surface area contributed by atoms with Crippen LogP contribution in [0, 0.1) is 6.92 Å². The number of nitrogens with zero attached hydrogens (tertiary/aromatic N) is 3. The van der Waals surface area contributed by atoms with Crippen molar-refractivity contribution in [3.05, 3.63) is 59.1 Å². The SMILES string of the molecule is Cc1cccc(N2CCN(CCCNC(=O)CN(C)S(=O)(=O)c3ccc(Cl)cc3)CC2)c1. The van der Waals surface area contributed by atoms with Crippen LogP contribution in [0.15, 0.2) is 53.4 Å². The highest BCUT2D eigenvalue weighted by Gasteiger charge is 2.23. The third-order valence-electron chi connectivity index (χ3n) is 5.60. The summed E-state index contributed by atoms with van der Waals surface area (Å²) in [5, 5.41) is 3.28. The Balaban J connectivity index is 1.35. The van der Waals surface area contributed by atoms with Crippen LogP contribution in [0.3, 0.4) is 0 Å². The van der Waals surface area contributed by atoms with Gasteiger partial charge < -0.3 is 10.2 Å². The lowest BCUT2D eigenvalue weighted by Gasteiger charge is -2.36. The molecule has 0 radical (unpaired) electrons. The van der Waals surface area contributed by atoms with Gasteiger partial charge in [0.25, 0.3) is 0 Å². The molecule has 1 N–H and O–H groups in total. The molecule has 174 valence electrons. The van der Waals surface area contributed by atoms with Crippen molar-refractivity contribution >= 4 is 33.2 Å². The van der Waals surface area contributed by atoms with E-state index in [1.165, 1.54) is 42.6 Å². The van der Waals surface area contributed by atoms with Crippen molar-refractivity contribution < 1.29 is 13.2 Å². The Bertz CT molecular complexity index is 1010. The van der Waals surface area contributed by atoms with Crippen molar-refractivity contribution in [1.82, 2.24) is 14.5 Å². The van der Waals surface area contributed by atoms with Crippen LogP contribution < -0.4 is 10.2 Å². The molecule has 1 amide bonds. The maximum Gasteiger partial charge on any atom is 0.243 e. The number of benzene rings is 2. The summed E-state index contributed by atoms with van der Waals surface area (Å²) in [5.41, 5.74) is 2.54. The maximum absolute atomic E-state index is 12.6. The molecule has 0 aromatic heterocycles. The Hall–Kier alpha value is -2.13. The number of likely N-dealkylation sites (N-methyl/N-ethyl adjacent to an activating group) is 1. The Morgan fingerprint density at radius 2 is 1.78 bits per heavy atom. The van der Waals surface area contributed by atoms with E-state index in [1.807, 2.05) is 0 Å². The molecule has 1 aliphatic rings. The minimum atomic E-state index is -3.73.